The molecule has 4 rings (SSSR count). The molecule has 0 amide bonds. The Bertz CT molecular complexity index is 1280. The monoisotopic (exact) mass is 426 g/mol. The van der Waals surface area contributed by atoms with Crippen molar-refractivity contribution in [3.63, 3.8) is 0 Å². The Kier molecular flexibility index (Phi) is 5.26. The predicted octanol–water partition coefficient (Wildman–Crippen LogP) is 3.45. The molecule has 0 aliphatic carbocycles. The van der Waals surface area contributed by atoms with Crippen molar-refractivity contribution >= 4 is 44.9 Å². The van der Waals surface area contributed by atoms with Crippen molar-refractivity contribution in [2.24, 2.45) is 0 Å². The molecule has 0 unspecified atom stereocenters. The van der Waals surface area contributed by atoms with E-state index in [2.05, 4.69) is 10.3 Å². The normalized spacial score (nSPS) is 10.8. The number of fused-ring (bicyclic) bond motifs is 1. The van der Waals surface area contributed by atoms with E-state index in [0.29, 0.717) is 10.8 Å². The van der Waals surface area contributed by atoms with Gasteiger partial charge in [-0.25, -0.2) is 9.78 Å². The van der Waals surface area contributed by atoms with Gasteiger partial charge in [0.15, 0.2) is 10.7 Å². The van der Waals surface area contributed by atoms with E-state index >= 15 is 0 Å². The first-order valence-corrected chi connectivity index (χ1v) is 9.57. The molecule has 152 valence electrons. The Morgan fingerprint density at radius 3 is 2.83 bits per heavy atom. The van der Waals surface area contributed by atoms with Crippen molar-refractivity contribution in [3.8, 4) is 0 Å². The number of nitro groups is 1. The number of thiazole rings is 1. The number of anilines is 2. The molecule has 0 aliphatic heterocycles. The van der Waals surface area contributed by atoms with Crippen molar-refractivity contribution in [3.05, 3.63) is 80.3 Å². The molecule has 30 heavy (non-hydrogen) atoms. The molecule has 2 heterocycles. The van der Waals surface area contributed by atoms with Crippen LogP contribution in [0.5, 0.6) is 0 Å². The summed E-state index contributed by atoms with van der Waals surface area (Å²) >= 11 is 1.37. The van der Waals surface area contributed by atoms with Crippen LogP contribution in [0.1, 0.15) is 5.69 Å². The molecule has 0 saturated carbocycles. The highest BCUT2D eigenvalue weighted by Crippen LogP contribution is 2.22. The number of oxazole rings is 1. The lowest BCUT2D eigenvalue weighted by Crippen LogP contribution is -2.21. The number of benzene rings is 2. The second-order valence-corrected chi connectivity index (χ2v) is 7.02. The number of ether oxygens (including phenoxy) is 1. The third-order valence-electron chi connectivity index (χ3n) is 4.11. The van der Waals surface area contributed by atoms with Crippen LogP contribution in [0.4, 0.5) is 16.5 Å². The predicted molar refractivity (Wildman–Crippen MR) is 109 cm³/mol. The number of carbonyl (C=O) groups excluding carboxylic acids is 1. The van der Waals surface area contributed by atoms with E-state index in [4.69, 9.17) is 9.15 Å². The van der Waals surface area contributed by atoms with E-state index in [9.17, 15) is 19.7 Å². The van der Waals surface area contributed by atoms with Crippen LogP contribution >= 0.6 is 11.3 Å². The topological polar surface area (TPSA) is 130 Å². The fraction of sp³-hybridized carbons (Fsp3) is 0.105. The molecule has 10 nitrogen and oxygen atoms in total. The number of aromatic nitrogens is 2. The van der Waals surface area contributed by atoms with Crippen LogP contribution < -0.4 is 11.1 Å². The lowest BCUT2D eigenvalue weighted by atomic mass is 10.3. The number of hydrogen-bond acceptors (Lipinski definition) is 9. The quantitative estimate of drug-likeness (QED) is 0.270. The highest BCUT2D eigenvalue weighted by atomic mass is 32.1. The summed E-state index contributed by atoms with van der Waals surface area (Å²) in [5.74, 6) is -1.46. The number of carbonyl (C=O) groups is 1. The number of nitrogens with zero attached hydrogens (tertiary/aromatic N) is 3. The molecule has 1 N–H and O–H groups in total. The fourth-order valence-corrected chi connectivity index (χ4v) is 3.44. The van der Waals surface area contributed by atoms with E-state index < -0.39 is 16.6 Å². The number of non-ortho nitro benzene ring substituents is 1. The van der Waals surface area contributed by atoms with Gasteiger partial charge in [-0.2, -0.15) is 0 Å². The average Bonchev–Trinajstić information content (AvgIpc) is 3.30. The summed E-state index contributed by atoms with van der Waals surface area (Å²) < 4.78 is 11.2. The molecular weight excluding hydrogens is 412 g/mol. The maximum atomic E-state index is 12.2. The van der Waals surface area contributed by atoms with Crippen LogP contribution in [0.3, 0.4) is 0 Å². The molecule has 0 radical (unpaired) electrons. The summed E-state index contributed by atoms with van der Waals surface area (Å²) in [4.78, 5) is 38.8. The van der Waals surface area contributed by atoms with Crippen LogP contribution in [-0.2, 0) is 22.7 Å². The Morgan fingerprint density at radius 1 is 1.27 bits per heavy atom. The van der Waals surface area contributed by atoms with Gasteiger partial charge in [-0.1, -0.05) is 18.2 Å². The van der Waals surface area contributed by atoms with Gasteiger partial charge in [0.05, 0.1) is 22.2 Å². The molecule has 0 bridgehead atoms. The van der Waals surface area contributed by atoms with Gasteiger partial charge in [0, 0.05) is 17.1 Å². The molecule has 0 saturated heterocycles. The largest absolute Gasteiger partial charge is 0.458 e. The van der Waals surface area contributed by atoms with Crippen LogP contribution in [-0.4, -0.2) is 20.4 Å². The zero-order valence-corrected chi connectivity index (χ0v) is 16.1. The van der Waals surface area contributed by atoms with Crippen molar-refractivity contribution in [2.75, 3.05) is 5.32 Å². The standard InChI is InChI=1S/C19H14N4O6S/c24-17(9-22-15-7-6-14(23(26)27)8-16(15)29-19(22)25)28-10-13-11-30-18(21-13)20-12-4-2-1-3-5-12/h1-8,11H,9-10H2,(H,20,21). The number of esters is 1. The van der Waals surface area contributed by atoms with Crippen molar-refractivity contribution < 1.29 is 18.9 Å². The maximum absolute atomic E-state index is 12.2. The third kappa shape index (κ3) is 4.20. The molecule has 11 heteroatoms. The average molecular weight is 426 g/mol. The lowest BCUT2D eigenvalue weighted by molar-refractivity contribution is -0.384. The van der Waals surface area contributed by atoms with Gasteiger partial charge in [0.2, 0.25) is 0 Å². The van der Waals surface area contributed by atoms with Gasteiger partial charge in [0.25, 0.3) is 5.69 Å². The number of nitrogens with one attached hydrogen (secondary N) is 1. The van der Waals surface area contributed by atoms with Gasteiger partial charge in [-0.15, -0.1) is 11.3 Å². The van der Waals surface area contributed by atoms with Crippen molar-refractivity contribution in [1.29, 1.82) is 0 Å². The summed E-state index contributed by atoms with van der Waals surface area (Å²) in [6.07, 6.45) is 0. The van der Waals surface area contributed by atoms with Crippen LogP contribution in [0.25, 0.3) is 11.1 Å². The van der Waals surface area contributed by atoms with E-state index in [0.717, 1.165) is 16.3 Å². The second-order valence-electron chi connectivity index (χ2n) is 6.16. The van der Waals surface area contributed by atoms with Gasteiger partial charge < -0.3 is 14.5 Å². The number of para-hydroxylation sites is 1. The number of hydrogen-bond donors (Lipinski definition) is 1. The van der Waals surface area contributed by atoms with Crippen LogP contribution in [0, 0.1) is 10.1 Å². The first-order chi connectivity index (χ1) is 14.5. The molecule has 4 aromatic rings. The molecule has 2 aromatic carbocycles. The van der Waals surface area contributed by atoms with E-state index in [1.807, 2.05) is 30.3 Å². The minimum absolute atomic E-state index is 0.0260. The van der Waals surface area contributed by atoms with E-state index in [-0.39, 0.29) is 29.9 Å². The van der Waals surface area contributed by atoms with E-state index in [1.54, 1.807) is 5.38 Å². The number of rotatable bonds is 7. The summed E-state index contributed by atoms with van der Waals surface area (Å²) in [5.41, 5.74) is 1.53. The minimum Gasteiger partial charge on any atom is -0.458 e. The minimum atomic E-state index is -0.801. The van der Waals surface area contributed by atoms with Gasteiger partial charge in [-0.05, 0) is 18.2 Å². The van der Waals surface area contributed by atoms with E-state index in [1.165, 1.54) is 23.5 Å². The first kappa shape index (κ1) is 19.3. The fourth-order valence-electron chi connectivity index (χ4n) is 2.72. The molecule has 0 aliphatic rings. The SMILES string of the molecule is O=C(Cn1c(=O)oc2cc([N+](=O)[O-])ccc21)OCc1csc(Nc2ccccc2)n1. The maximum Gasteiger partial charge on any atom is 0.420 e. The Morgan fingerprint density at radius 2 is 2.07 bits per heavy atom. The molecule has 2 aromatic heterocycles. The third-order valence-corrected chi connectivity index (χ3v) is 4.91. The zero-order chi connectivity index (χ0) is 21.1. The molecule has 0 atom stereocenters. The Balaban J connectivity index is 1.39. The summed E-state index contributed by atoms with van der Waals surface area (Å²) in [7, 11) is 0. The van der Waals surface area contributed by atoms with Crippen LogP contribution in [0.15, 0.2) is 63.1 Å². The zero-order valence-electron chi connectivity index (χ0n) is 15.3. The Labute approximate surface area is 172 Å². The Hall–Kier alpha value is -3.99. The van der Waals surface area contributed by atoms with Crippen molar-refractivity contribution in [2.45, 2.75) is 13.2 Å². The summed E-state index contributed by atoms with van der Waals surface area (Å²) in [6.45, 7) is -0.440. The van der Waals surface area contributed by atoms with Gasteiger partial charge >= 0.3 is 11.7 Å². The summed E-state index contributed by atoms with van der Waals surface area (Å²) in [6, 6.07) is 13.2. The molecular formula is C19H14N4O6S. The first-order valence-electron chi connectivity index (χ1n) is 8.69. The van der Waals surface area contributed by atoms with Crippen LogP contribution in [0.2, 0.25) is 0 Å². The highest BCUT2D eigenvalue weighted by molar-refractivity contribution is 7.13. The number of nitro benzene ring substituents is 1. The van der Waals surface area contributed by atoms with Crippen molar-refractivity contribution in [1.82, 2.24) is 9.55 Å². The molecule has 0 fully saturated rings. The van der Waals surface area contributed by atoms with Gasteiger partial charge in [-0.3, -0.25) is 19.5 Å². The second kappa shape index (κ2) is 8.17. The lowest BCUT2D eigenvalue weighted by Gasteiger charge is -2.04. The highest BCUT2D eigenvalue weighted by Gasteiger charge is 2.17. The van der Waals surface area contributed by atoms with Gasteiger partial charge in [0.1, 0.15) is 13.2 Å². The summed E-state index contributed by atoms with van der Waals surface area (Å²) in [5, 5.41) is 16.4. The molecule has 0 spiro atoms. The smallest absolute Gasteiger partial charge is 0.420 e.